The molecule has 0 saturated heterocycles. The number of nitrogens with zero attached hydrogens (tertiary/aromatic N) is 1. The molecule has 1 aromatic rings. The zero-order chi connectivity index (χ0) is 15.2. The van der Waals surface area contributed by atoms with Gasteiger partial charge in [0.25, 0.3) is 5.91 Å². The molecular formula is C18H17NO2. The van der Waals surface area contributed by atoms with Gasteiger partial charge in [-0.1, -0.05) is 54.1 Å². The fourth-order valence-electron chi connectivity index (χ4n) is 2.20. The summed E-state index contributed by atoms with van der Waals surface area (Å²) in [7, 11) is 0. The van der Waals surface area contributed by atoms with E-state index in [9.17, 15) is 9.59 Å². The highest BCUT2D eigenvalue weighted by molar-refractivity contribution is 6.27. The summed E-state index contributed by atoms with van der Waals surface area (Å²) in [4.78, 5) is 27.7. The van der Waals surface area contributed by atoms with Gasteiger partial charge in [0.2, 0.25) is 0 Å². The molecule has 2 rings (SSSR count). The summed E-state index contributed by atoms with van der Waals surface area (Å²) in [6.45, 7) is 3.60. The van der Waals surface area contributed by atoms with E-state index < -0.39 is 5.91 Å². The van der Waals surface area contributed by atoms with Gasteiger partial charge in [0.15, 0.2) is 5.78 Å². The standard InChI is InChI=1S/C18H17NO2/c1-13-12-14(2)19-18(21)17(13)16(20)11-7-6-10-15-8-4-3-5-9-15/h3-11H,12H2,1-2H3/b10-6+,11-7+. The molecule has 0 saturated carbocycles. The van der Waals surface area contributed by atoms with Gasteiger partial charge in [-0.3, -0.25) is 9.59 Å². The normalized spacial score (nSPS) is 15.9. The Balaban J connectivity index is 2.05. The Kier molecular flexibility index (Phi) is 4.77. The number of dihydropyridines is 1. The van der Waals surface area contributed by atoms with E-state index in [1.54, 1.807) is 26.0 Å². The lowest BCUT2D eigenvalue weighted by atomic mass is 9.97. The Morgan fingerprint density at radius 3 is 2.52 bits per heavy atom. The Labute approximate surface area is 124 Å². The van der Waals surface area contributed by atoms with E-state index in [-0.39, 0.29) is 11.4 Å². The van der Waals surface area contributed by atoms with Crippen LogP contribution in [0.3, 0.4) is 0 Å². The van der Waals surface area contributed by atoms with Crippen molar-refractivity contribution in [1.29, 1.82) is 0 Å². The van der Waals surface area contributed by atoms with Crippen LogP contribution >= 0.6 is 0 Å². The molecule has 0 radical (unpaired) electrons. The van der Waals surface area contributed by atoms with Crippen molar-refractivity contribution < 1.29 is 9.59 Å². The molecule has 0 aliphatic carbocycles. The summed E-state index contributed by atoms with van der Waals surface area (Å²) in [6.07, 6.45) is 7.32. The molecule has 0 spiro atoms. The van der Waals surface area contributed by atoms with Crippen LogP contribution in [-0.4, -0.2) is 17.4 Å². The Morgan fingerprint density at radius 1 is 1.14 bits per heavy atom. The van der Waals surface area contributed by atoms with Gasteiger partial charge in [0.05, 0.1) is 5.57 Å². The van der Waals surface area contributed by atoms with Gasteiger partial charge >= 0.3 is 0 Å². The highest BCUT2D eigenvalue weighted by atomic mass is 16.2. The average Bonchev–Trinajstić information content (AvgIpc) is 2.43. The molecule has 3 heteroatoms. The lowest BCUT2D eigenvalue weighted by Crippen LogP contribution is -2.18. The number of benzene rings is 1. The van der Waals surface area contributed by atoms with Crippen molar-refractivity contribution in [1.82, 2.24) is 0 Å². The molecule has 1 amide bonds. The smallest absolute Gasteiger partial charge is 0.280 e. The van der Waals surface area contributed by atoms with Crippen molar-refractivity contribution in [2.45, 2.75) is 20.3 Å². The first-order valence-corrected chi connectivity index (χ1v) is 6.80. The number of rotatable bonds is 4. The van der Waals surface area contributed by atoms with E-state index in [0.717, 1.165) is 16.8 Å². The van der Waals surface area contributed by atoms with Crippen molar-refractivity contribution >= 4 is 23.5 Å². The third-order valence-electron chi connectivity index (χ3n) is 3.15. The molecule has 1 heterocycles. The first kappa shape index (κ1) is 14.9. The molecular weight excluding hydrogens is 262 g/mol. The molecule has 21 heavy (non-hydrogen) atoms. The van der Waals surface area contributed by atoms with Crippen molar-refractivity contribution in [3.05, 3.63) is 65.3 Å². The van der Waals surface area contributed by atoms with E-state index >= 15 is 0 Å². The number of hydrogen-bond donors (Lipinski definition) is 0. The number of aliphatic imine (C=N–C) groups is 1. The average molecular weight is 279 g/mol. The van der Waals surface area contributed by atoms with Crippen molar-refractivity contribution in [3.63, 3.8) is 0 Å². The van der Waals surface area contributed by atoms with Gasteiger partial charge in [0.1, 0.15) is 0 Å². The van der Waals surface area contributed by atoms with Gasteiger partial charge in [-0.25, -0.2) is 4.99 Å². The number of hydrogen-bond acceptors (Lipinski definition) is 2. The lowest BCUT2D eigenvalue weighted by molar-refractivity contribution is -0.118. The Morgan fingerprint density at radius 2 is 1.86 bits per heavy atom. The zero-order valence-electron chi connectivity index (χ0n) is 12.2. The van der Waals surface area contributed by atoms with Crippen LogP contribution in [-0.2, 0) is 9.59 Å². The van der Waals surface area contributed by atoms with Gasteiger partial charge in [-0.15, -0.1) is 0 Å². The summed E-state index contributed by atoms with van der Waals surface area (Å²) >= 11 is 0. The fraction of sp³-hybridized carbons (Fsp3) is 0.167. The van der Waals surface area contributed by atoms with Crippen molar-refractivity contribution in [2.75, 3.05) is 0 Å². The molecule has 1 aromatic carbocycles. The molecule has 0 atom stereocenters. The highest BCUT2D eigenvalue weighted by Crippen LogP contribution is 2.18. The minimum atomic E-state index is -0.432. The summed E-state index contributed by atoms with van der Waals surface area (Å²) in [5.41, 5.74) is 2.79. The first-order chi connectivity index (χ1) is 10.1. The SMILES string of the molecule is CC1=NC(=O)C(C(=O)/C=C/C=C/c2ccccc2)=C(C)C1. The Bertz CT molecular complexity index is 676. The number of carbonyl (C=O) groups excluding carboxylic acids is 2. The lowest BCUT2D eigenvalue weighted by Gasteiger charge is -2.11. The summed E-state index contributed by atoms with van der Waals surface area (Å²) in [6, 6.07) is 9.79. The Hall–Kier alpha value is -2.55. The first-order valence-electron chi connectivity index (χ1n) is 6.80. The maximum atomic E-state index is 12.1. The van der Waals surface area contributed by atoms with E-state index in [1.165, 1.54) is 6.08 Å². The second-order valence-electron chi connectivity index (χ2n) is 4.98. The van der Waals surface area contributed by atoms with Crippen molar-refractivity contribution in [3.8, 4) is 0 Å². The molecule has 1 aliphatic heterocycles. The predicted octanol–water partition coefficient (Wildman–Crippen LogP) is 3.53. The van der Waals surface area contributed by atoms with E-state index in [2.05, 4.69) is 4.99 Å². The zero-order valence-corrected chi connectivity index (χ0v) is 12.2. The van der Waals surface area contributed by atoms with Crippen molar-refractivity contribution in [2.24, 2.45) is 4.99 Å². The number of amides is 1. The molecule has 0 aromatic heterocycles. The second kappa shape index (κ2) is 6.75. The van der Waals surface area contributed by atoms with Crippen LogP contribution < -0.4 is 0 Å². The third-order valence-corrected chi connectivity index (χ3v) is 3.15. The van der Waals surface area contributed by atoms with Crippen LogP contribution in [0.2, 0.25) is 0 Å². The largest absolute Gasteiger partial charge is 0.289 e. The number of allylic oxidation sites excluding steroid dienone is 4. The third kappa shape index (κ3) is 3.96. The van der Waals surface area contributed by atoms with Crippen LogP contribution in [0.5, 0.6) is 0 Å². The summed E-state index contributed by atoms with van der Waals surface area (Å²) in [5, 5.41) is 0. The molecule has 106 valence electrons. The topological polar surface area (TPSA) is 46.5 Å². The fourth-order valence-corrected chi connectivity index (χ4v) is 2.20. The van der Waals surface area contributed by atoms with Gasteiger partial charge in [-0.2, -0.15) is 0 Å². The van der Waals surface area contributed by atoms with Gasteiger partial charge < -0.3 is 0 Å². The maximum absolute atomic E-state index is 12.1. The molecule has 0 unspecified atom stereocenters. The quantitative estimate of drug-likeness (QED) is 0.481. The van der Waals surface area contributed by atoms with Crippen LogP contribution in [0, 0.1) is 0 Å². The monoisotopic (exact) mass is 279 g/mol. The van der Waals surface area contributed by atoms with Gasteiger partial charge in [-0.05, 0) is 25.5 Å². The van der Waals surface area contributed by atoms with Gasteiger partial charge in [0, 0.05) is 12.1 Å². The molecule has 1 aliphatic rings. The molecule has 0 bridgehead atoms. The summed E-state index contributed by atoms with van der Waals surface area (Å²) in [5.74, 6) is -0.718. The number of carbonyl (C=O) groups is 2. The maximum Gasteiger partial charge on any atom is 0.280 e. The van der Waals surface area contributed by atoms with Crippen LogP contribution in [0.1, 0.15) is 25.8 Å². The van der Waals surface area contributed by atoms with E-state index in [4.69, 9.17) is 0 Å². The number of ketones is 1. The van der Waals surface area contributed by atoms with Crippen LogP contribution in [0.4, 0.5) is 0 Å². The van der Waals surface area contributed by atoms with Crippen LogP contribution in [0.25, 0.3) is 6.08 Å². The molecule has 3 nitrogen and oxygen atoms in total. The van der Waals surface area contributed by atoms with E-state index in [1.807, 2.05) is 36.4 Å². The summed E-state index contributed by atoms with van der Waals surface area (Å²) < 4.78 is 0. The van der Waals surface area contributed by atoms with Crippen LogP contribution in [0.15, 0.2) is 64.7 Å². The molecule has 0 N–H and O–H groups in total. The molecule has 0 fully saturated rings. The minimum Gasteiger partial charge on any atom is -0.289 e. The minimum absolute atomic E-state index is 0.199. The second-order valence-corrected chi connectivity index (χ2v) is 4.98. The highest BCUT2D eigenvalue weighted by Gasteiger charge is 2.22. The predicted molar refractivity (Wildman–Crippen MR) is 85.1 cm³/mol. The van der Waals surface area contributed by atoms with E-state index in [0.29, 0.717) is 6.42 Å².